The first kappa shape index (κ1) is 32.7. The number of ether oxygens (including phenoxy) is 1. The minimum atomic E-state index is -0.692. The van der Waals surface area contributed by atoms with E-state index in [0.29, 0.717) is 23.7 Å². The third-order valence-electron chi connectivity index (χ3n) is 8.05. The van der Waals surface area contributed by atoms with Crippen molar-refractivity contribution in [2.75, 3.05) is 36.9 Å². The zero-order chi connectivity index (χ0) is 30.4. The quantitative estimate of drug-likeness (QED) is 0.166. The van der Waals surface area contributed by atoms with E-state index in [2.05, 4.69) is 31.6 Å². The number of aliphatic hydroxyl groups excluding tert-OH is 1. The van der Waals surface area contributed by atoms with Crippen molar-refractivity contribution in [3.8, 4) is 11.8 Å². The highest BCUT2D eigenvalue weighted by atomic mass is 35.5. The summed E-state index contributed by atoms with van der Waals surface area (Å²) in [4.78, 5) is 24.4. The number of amides is 1. The minimum absolute atomic E-state index is 0. The van der Waals surface area contributed by atoms with Gasteiger partial charge in [0.2, 0.25) is 0 Å². The molecule has 3 N–H and O–H groups in total. The molecule has 230 valence electrons. The molecule has 4 aromatic rings. The lowest BCUT2D eigenvalue weighted by Gasteiger charge is -2.22. The molecular weight excluding hydrogens is 576 g/mol. The third kappa shape index (κ3) is 7.64. The first-order valence-corrected chi connectivity index (χ1v) is 14.7. The monoisotopic (exact) mass is 614 g/mol. The second-order valence-electron chi connectivity index (χ2n) is 11.5. The van der Waals surface area contributed by atoms with Gasteiger partial charge < -0.3 is 20.5 Å². The number of aromatic nitrogens is 2. The largest absolute Gasteiger partial charge is 0.493 e. The molecule has 0 aliphatic carbocycles. The van der Waals surface area contributed by atoms with Gasteiger partial charge in [-0.25, -0.2) is 9.97 Å². The number of aliphatic hydroxyl groups is 1. The first-order chi connectivity index (χ1) is 20.8. The van der Waals surface area contributed by atoms with Crippen LogP contribution in [-0.2, 0) is 5.41 Å². The maximum absolute atomic E-state index is 13.1. The van der Waals surface area contributed by atoms with Gasteiger partial charge in [-0.15, -0.1) is 12.4 Å². The molecule has 1 saturated heterocycles. The maximum atomic E-state index is 13.1. The fourth-order valence-corrected chi connectivity index (χ4v) is 5.36. The fourth-order valence-electron chi connectivity index (χ4n) is 5.36. The molecule has 2 heterocycles. The van der Waals surface area contributed by atoms with E-state index in [4.69, 9.17) is 4.74 Å². The van der Waals surface area contributed by atoms with Gasteiger partial charge in [0.05, 0.1) is 30.2 Å². The van der Waals surface area contributed by atoms with Crippen molar-refractivity contribution in [2.24, 2.45) is 0 Å². The number of rotatable bonds is 11. The van der Waals surface area contributed by atoms with E-state index in [1.807, 2.05) is 63.2 Å². The van der Waals surface area contributed by atoms with Crippen molar-refractivity contribution < 1.29 is 14.6 Å². The second-order valence-corrected chi connectivity index (χ2v) is 11.5. The van der Waals surface area contributed by atoms with Crippen LogP contribution in [0.3, 0.4) is 0 Å². The average Bonchev–Trinajstić information content (AvgIpc) is 3.48. The predicted octanol–water partition coefficient (Wildman–Crippen LogP) is 6.38. The van der Waals surface area contributed by atoms with Crippen LogP contribution in [0, 0.1) is 18.3 Å². The number of carbonyl (C=O) groups excluding carboxylic acids is 1. The van der Waals surface area contributed by atoms with Gasteiger partial charge >= 0.3 is 0 Å². The molecule has 1 aliphatic rings. The van der Waals surface area contributed by atoms with Gasteiger partial charge in [-0.1, -0.05) is 18.2 Å². The zero-order valence-electron chi connectivity index (χ0n) is 25.3. The molecule has 3 aromatic carbocycles. The molecule has 1 aliphatic heterocycles. The Balaban J connectivity index is 0.00000442. The van der Waals surface area contributed by atoms with E-state index in [0.717, 1.165) is 65.8 Å². The maximum Gasteiger partial charge on any atom is 0.255 e. The number of nitriles is 1. The molecular formula is C34H39ClN6O3. The summed E-state index contributed by atoms with van der Waals surface area (Å²) in [6, 6.07) is 21.2. The Labute approximate surface area is 264 Å². The summed E-state index contributed by atoms with van der Waals surface area (Å²) in [5, 5.41) is 26.2. The Hall–Kier alpha value is -4.23. The Bertz CT molecular complexity index is 1650. The van der Waals surface area contributed by atoms with E-state index in [9.17, 15) is 15.2 Å². The lowest BCUT2D eigenvalue weighted by molar-refractivity contribution is 0.102. The van der Waals surface area contributed by atoms with E-state index in [-0.39, 0.29) is 31.0 Å². The number of aryl methyl sites for hydroxylation is 1. The summed E-state index contributed by atoms with van der Waals surface area (Å²) < 4.78 is 6.02. The fraction of sp³-hybridized carbons (Fsp3) is 0.353. The van der Waals surface area contributed by atoms with E-state index >= 15 is 0 Å². The van der Waals surface area contributed by atoms with Crippen LogP contribution < -0.4 is 15.4 Å². The number of nitrogens with one attached hydrogen (secondary N) is 2. The van der Waals surface area contributed by atoms with Crippen molar-refractivity contribution in [3.63, 3.8) is 0 Å². The topological polar surface area (TPSA) is 123 Å². The van der Waals surface area contributed by atoms with Crippen LogP contribution in [0.25, 0.3) is 10.9 Å². The second kappa shape index (κ2) is 14.5. The van der Waals surface area contributed by atoms with Gasteiger partial charge in [0.1, 0.15) is 17.9 Å². The Kier molecular flexibility index (Phi) is 10.8. The number of hydrogen-bond acceptors (Lipinski definition) is 8. The van der Waals surface area contributed by atoms with Gasteiger partial charge in [-0.2, -0.15) is 5.26 Å². The van der Waals surface area contributed by atoms with Crippen molar-refractivity contribution in [1.29, 1.82) is 5.26 Å². The molecule has 1 aromatic heterocycles. The van der Waals surface area contributed by atoms with E-state index < -0.39 is 5.41 Å². The van der Waals surface area contributed by atoms with Gasteiger partial charge in [0, 0.05) is 41.0 Å². The summed E-state index contributed by atoms with van der Waals surface area (Å²) in [7, 11) is 0. The minimum Gasteiger partial charge on any atom is -0.493 e. The average molecular weight is 615 g/mol. The van der Waals surface area contributed by atoms with Crippen molar-refractivity contribution in [3.05, 3.63) is 83.7 Å². The number of likely N-dealkylation sites (tertiary alicyclic amines) is 1. The predicted molar refractivity (Wildman–Crippen MR) is 176 cm³/mol. The van der Waals surface area contributed by atoms with Gasteiger partial charge in [-0.3, -0.25) is 9.69 Å². The van der Waals surface area contributed by atoms with Crippen molar-refractivity contribution in [2.45, 2.75) is 51.5 Å². The lowest BCUT2D eigenvalue weighted by atomic mass is 9.85. The van der Waals surface area contributed by atoms with E-state index in [1.54, 1.807) is 18.2 Å². The molecule has 9 nitrogen and oxygen atoms in total. The Morgan fingerprint density at radius 2 is 2.00 bits per heavy atom. The molecule has 10 heteroatoms. The molecule has 0 radical (unpaired) electrons. The number of carbonyl (C=O) groups is 1. The summed E-state index contributed by atoms with van der Waals surface area (Å²) in [5.41, 5.74) is 3.78. The summed E-state index contributed by atoms with van der Waals surface area (Å²) in [5.74, 6) is 1.15. The zero-order valence-corrected chi connectivity index (χ0v) is 26.2. The van der Waals surface area contributed by atoms with Crippen LogP contribution in [-0.4, -0.2) is 58.2 Å². The first-order valence-electron chi connectivity index (χ1n) is 14.7. The molecule has 0 saturated carbocycles. The standard InChI is InChI=1S/C34H38N6O3.ClH/c1-23-10-11-26(38-33(42)24-7-4-8-25(17-24)34(2,3)21-35)18-30(23)39-32-29-13-12-28(19-31(29)36-22-37-32)43-16-6-15-40-14-5-9-27(40)20-41;/h4,7-8,10-13,17-19,22,27,41H,5-6,9,14-16,20H2,1-3H3,(H,38,42)(H,36,37,39);1H. The van der Waals surface area contributed by atoms with Crippen LogP contribution in [0.5, 0.6) is 5.75 Å². The lowest BCUT2D eigenvalue weighted by Crippen LogP contribution is -2.33. The molecule has 1 atom stereocenters. The van der Waals surface area contributed by atoms with E-state index in [1.165, 1.54) is 6.33 Å². The molecule has 44 heavy (non-hydrogen) atoms. The number of anilines is 3. The highest BCUT2D eigenvalue weighted by molar-refractivity contribution is 6.04. The summed E-state index contributed by atoms with van der Waals surface area (Å²) in [6.45, 7) is 8.42. The third-order valence-corrected chi connectivity index (χ3v) is 8.05. The van der Waals surface area contributed by atoms with Crippen LogP contribution in [0.4, 0.5) is 17.2 Å². The number of benzene rings is 3. The molecule has 0 bridgehead atoms. The molecule has 1 amide bonds. The van der Waals surface area contributed by atoms with Gasteiger partial charge in [-0.05, 0) is 94.1 Å². The van der Waals surface area contributed by atoms with Crippen molar-refractivity contribution in [1.82, 2.24) is 14.9 Å². The van der Waals surface area contributed by atoms with Gasteiger partial charge in [0.15, 0.2) is 0 Å². The summed E-state index contributed by atoms with van der Waals surface area (Å²) in [6.07, 6.45) is 4.62. The number of fused-ring (bicyclic) bond motifs is 1. The Morgan fingerprint density at radius 3 is 2.80 bits per heavy atom. The highest BCUT2D eigenvalue weighted by Gasteiger charge is 2.23. The van der Waals surface area contributed by atoms with Crippen molar-refractivity contribution >= 4 is 46.4 Å². The number of hydrogen-bond donors (Lipinski definition) is 3. The van der Waals surface area contributed by atoms with Crippen LogP contribution in [0.1, 0.15) is 54.6 Å². The van der Waals surface area contributed by atoms with Crippen LogP contribution in [0.15, 0.2) is 67.0 Å². The van der Waals surface area contributed by atoms with Crippen LogP contribution in [0.2, 0.25) is 0 Å². The Morgan fingerprint density at radius 1 is 1.16 bits per heavy atom. The van der Waals surface area contributed by atoms with Crippen LogP contribution >= 0.6 is 12.4 Å². The number of nitrogens with zero attached hydrogens (tertiary/aromatic N) is 4. The summed E-state index contributed by atoms with van der Waals surface area (Å²) >= 11 is 0. The number of halogens is 1. The molecule has 5 rings (SSSR count). The van der Waals surface area contributed by atoms with Gasteiger partial charge in [0.25, 0.3) is 5.91 Å². The normalized spacial score (nSPS) is 14.9. The molecule has 1 fully saturated rings. The SMILES string of the molecule is Cc1ccc(NC(=O)c2cccc(C(C)(C)C#N)c2)cc1Nc1ncnc2cc(OCCCN3CCCC3CO)ccc12.Cl. The smallest absolute Gasteiger partial charge is 0.255 e. The molecule has 0 spiro atoms. The molecule has 1 unspecified atom stereocenters. The highest BCUT2D eigenvalue weighted by Crippen LogP contribution is 2.30.